The minimum absolute atomic E-state index is 0.122. The molecule has 0 aliphatic heterocycles. The number of carbonyl (C=O) groups excluding carboxylic acids is 1. The lowest BCUT2D eigenvalue weighted by molar-refractivity contribution is 0.0484. The number of methoxy groups -OCH3 is 1. The van der Waals surface area contributed by atoms with E-state index in [-0.39, 0.29) is 5.56 Å². The van der Waals surface area contributed by atoms with Crippen LogP contribution in [-0.4, -0.2) is 19.7 Å². The summed E-state index contributed by atoms with van der Waals surface area (Å²) in [6, 6.07) is 3.77. The van der Waals surface area contributed by atoms with Crippen LogP contribution in [0.2, 0.25) is 0 Å². The van der Waals surface area contributed by atoms with E-state index in [1.54, 1.807) is 0 Å². The maximum atomic E-state index is 13.0. The summed E-state index contributed by atoms with van der Waals surface area (Å²) in [4.78, 5) is 11.7. The molecule has 0 spiro atoms. The summed E-state index contributed by atoms with van der Waals surface area (Å²) in [5, 5.41) is 0. The van der Waals surface area contributed by atoms with E-state index in [4.69, 9.17) is 9.47 Å². The zero-order valence-electron chi connectivity index (χ0n) is 10.3. The maximum Gasteiger partial charge on any atom is 0.342 e. The Balaban J connectivity index is 2.70. The van der Waals surface area contributed by atoms with Gasteiger partial charge in [-0.15, -0.1) is 0 Å². The van der Waals surface area contributed by atoms with Crippen LogP contribution in [0.1, 0.15) is 30.6 Å². The molecular weight excluding hydrogens is 223 g/mol. The minimum atomic E-state index is -0.554. The molecule has 94 valence electrons. The molecule has 0 bridgehead atoms. The SMILES string of the molecule is COc1ccc(F)cc1C(=O)OCCC(C)C. The molecule has 4 heteroatoms. The predicted molar refractivity (Wildman–Crippen MR) is 62.7 cm³/mol. The second kappa shape index (κ2) is 6.23. The van der Waals surface area contributed by atoms with Gasteiger partial charge in [0.2, 0.25) is 0 Å². The van der Waals surface area contributed by atoms with Crippen molar-refractivity contribution < 1.29 is 18.7 Å². The van der Waals surface area contributed by atoms with Crippen molar-refractivity contribution in [1.29, 1.82) is 0 Å². The summed E-state index contributed by atoms with van der Waals surface area (Å²) in [6.45, 7) is 4.41. The van der Waals surface area contributed by atoms with Crippen LogP contribution < -0.4 is 4.74 Å². The lowest BCUT2D eigenvalue weighted by Gasteiger charge is -2.09. The van der Waals surface area contributed by atoms with Gasteiger partial charge in [-0.25, -0.2) is 9.18 Å². The molecule has 0 atom stereocenters. The van der Waals surface area contributed by atoms with E-state index in [2.05, 4.69) is 0 Å². The third-order valence-corrected chi connectivity index (χ3v) is 2.31. The molecule has 0 saturated heterocycles. The van der Waals surface area contributed by atoms with E-state index in [0.717, 1.165) is 12.5 Å². The predicted octanol–water partition coefficient (Wildman–Crippen LogP) is 3.04. The van der Waals surface area contributed by atoms with Gasteiger partial charge in [-0.05, 0) is 30.5 Å². The van der Waals surface area contributed by atoms with Crippen LogP contribution in [0, 0.1) is 11.7 Å². The Morgan fingerprint density at radius 1 is 1.41 bits per heavy atom. The van der Waals surface area contributed by atoms with Crippen molar-refractivity contribution in [2.24, 2.45) is 5.92 Å². The maximum absolute atomic E-state index is 13.0. The number of benzene rings is 1. The van der Waals surface area contributed by atoms with Crippen LogP contribution in [-0.2, 0) is 4.74 Å². The Hall–Kier alpha value is -1.58. The number of carbonyl (C=O) groups is 1. The molecule has 0 aliphatic rings. The van der Waals surface area contributed by atoms with E-state index in [1.807, 2.05) is 13.8 Å². The third-order valence-electron chi connectivity index (χ3n) is 2.31. The Bertz CT molecular complexity index is 388. The molecule has 0 aliphatic carbocycles. The molecule has 0 N–H and O–H groups in total. The molecule has 0 fully saturated rings. The highest BCUT2D eigenvalue weighted by Gasteiger charge is 2.14. The van der Waals surface area contributed by atoms with Gasteiger partial charge in [-0.3, -0.25) is 0 Å². The fourth-order valence-corrected chi connectivity index (χ4v) is 1.30. The first-order chi connectivity index (χ1) is 8.04. The second-order valence-electron chi connectivity index (χ2n) is 4.16. The molecular formula is C13H17FO3. The fourth-order valence-electron chi connectivity index (χ4n) is 1.30. The summed E-state index contributed by atoms with van der Waals surface area (Å²) in [5.41, 5.74) is 0.122. The normalized spacial score (nSPS) is 10.4. The number of hydrogen-bond donors (Lipinski definition) is 0. The van der Waals surface area contributed by atoms with E-state index >= 15 is 0 Å². The van der Waals surface area contributed by atoms with Gasteiger partial charge in [-0.1, -0.05) is 13.8 Å². The molecule has 1 aromatic rings. The molecule has 1 aromatic carbocycles. The van der Waals surface area contributed by atoms with Gasteiger partial charge in [0, 0.05) is 0 Å². The van der Waals surface area contributed by atoms with E-state index in [9.17, 15) is 9.18 Å². The van der Waals surface area contributed by atoms with Crippen molar-refractivity contribution in [1.82, 2.24) is 0 Å². The first-order valence-electron chi connectivity index (χ1n) is 5.55. The van der Waals surface area contributed by atoms with E-state index in [1.165, 1.54) is 19.2 Å². The van der Waals surface area contributed by atoms with Crippen LogP contribution in [0.15, 0.2) is 18.2 Å². The summed E-state index contributed by atoms with van der Waals surface area (Å²) >= 11 is 0. The van der Waals surface area contributed by atoms with Crippen molar-refractivity contribution in [3.05, 3.63) is 29.6 Å². The lowest BCUT2D eigenvalue weighted by Crippen LogP contribution is -2.09. The minimum Gasteiger partial charge on any atom is -0.496 e. The van der Waals surface area contributed by atoms with Crippen molar-refractivity contribution in [3.8, 4) is 5.75 Å². The first-order valence-corrected chi connectivity index (χ1v) is 5.55. The van der Waals surface area contributed by atoms with Gasteiger partial charge < -0.3 is 9.47 Å². The van der Waals surface area contributed by atoms with Crippen molar-refractivity contribution in [2.45, 2.75) is 20.3 Å². The molecule has 0 radical (unpaired) electrons. The van der Waals surface area contributed by atoms with Crippen LogP contribution in [0.5, 0.6) is 5.75 Å². The first kappa shape index (κ1) is 13.5. The van der Waals surface area contributed by atoms with E-state index < -0.39 is 11.8 Å². The molecule has 17 heavy (non-hydrogen) atoms. The quantitative estimate of drug-likeness (QED) is 0.742. The highest BCUT2D eigenvalue weighted by atomic mass is 19.1. The van der Waals surface area contributed by atoms with Gasteiger partial charge in [0.15, 0.2) is 0 Å². The van der Waals surface area contributed by atoms with Gasteiger partial charge in [0.05, 0.1) is 13.7 Å². The molecule has 0 unspecified atom stereocenters. The largest absolute Gasteiger partial charge is 0.496 e. The molecule has 1 rings (SSSR count). The average Bonchev–Trinajstić information content (AvgIpc) is 2.28. The zero-order valence-corrected chi connectivity index (χ0v) is 10.3. The number of ether oxygens (including phenoxy) is 2. The lowest BCUT2D eigenvalue weighted by atomic mass is 10.1. The summed E-state index contributed by atoms with van der Waals surface area (Å²) in [7, 11) is 1.43. The van der Waals surface area contributed by atoms with Crippen molar-refractivity contribution in [3.63, 3.8) is 0 Å². The molecule has 0 amide bonds. The highest BCUT2D eigenvalue weighted by Crippen LogP contribution is 2.20. The monoisotopic (exact) mass is 240 g/mol. The molecule has 3 nitrogen and oxygen atoms in total. The number of halogens is 1. The van der Waals surface area contributed by atoms with Crippen LogP contribution in [0.3, 0.4) is 0 Å². The Morgan fingerprint density at radius 3 is 2.71 bits per heavy atom. The number of rotatable bonds is 5. The third kappa shape index (κ3) is 4.06. The number of hydrogen-bond acceptors (Lipinski definition) is 3. The molecule has 0 heterocycles. The smallest absolute Gasteiger partial charge is 0.342 e. The average molecular weight is 240 g/mol. The van der Waals surface area contributed by atoms with Crippen molar-refractivity contribution in [2.75, 3.05) is 13.7 Å². The molecule has 0 saturated carbocycles. The Kier molecular flexibility index (Phi) is 4.94. The van der Waals surface area contributed by atoms with Gasteiger partial charge >= 0.3 is 5.97 Å². The standard InChI is InChI=1S/C13H17FO3/c1-9(2)6-7-17-13(15)11-8-10(14)4-5-12(11)16-3/h4-5,8-9H,6-7H2,1-3H3. The molecule has 0 aromatic heterocycles. The highest BCUT2D eigenvalue weighted by molar-refractivity contribution is 5.92. The van der Waals surface area contributed by atoms with Crippen LogP contribution >= 0.6 is 0 Å². The second-order valence-corrected chi connectivity index (χ2v) is 4.16. The van der Waals surface area contributed by atoms with Gasteiger partial charge in [-0.2, -0.15) is 0 Å². The Labute approximate surface area is 101 Å². The zero-order chi connectivity index (χ0) is 12.8. The van der Waals surface area contributed by atoms with Gasteiger partial charge in [0.1, 0.15) is 17.1 Å². The van der Waals surface area contributed by atoms with Gasteiger partial charge in [0.25, 0.3) is 0 Å². The van der Waals surface area contributed by atoms with Crippen molar-refractivity contribution >= 4 is 5.97 Å². The van der Waals surface area contributed by atoms with Crippen LogP contribution in [0.25, 0.3) is 0 Å². The van der Waals surface area contributed by atoms with E-state index in [0.29, 0.717) is 18.3 Å². The topological polar surface area (TPSA) is 35.5 Å². The fraction of sp³-hybridized carbons (Fsp3) is 0.462. The van der Waals surface area contributed by atoms with Crippen LogP contribution in [0.4, 0.5) is 4.39 Å². The number of esters is 1. The summed E-state index contributed by atoms with van der Waals surface area (Å²) in [5.74, 6) is -0.262. The summed E-state index contributed by atoms with van der Waals surface area (Å²) < 4.78 is 23.1. The summed E-state index contributed by atoms with van der Waals surface area (Å²) in [6.07, 6.45) is 0.781. The Morgan fingerprint density at radius 2 is 2.12 bits per heavy atom.